The van der Waals surface area contributed by atoms with Gasteiger partial charge in [0, 0.05) is 12.3 Å². The van der Waals surface area contributed by atoms with E-state index in [0.717, 1.165) is 12.8 Å². The molecular weight excluding hydrogens is 696 g/mol. The summed E-state index contributed by atoms with van der Waals surface area (Å²) in [6.45, 7) is 10.4. The average molecular weight is 752 g/mol. The van der Waals surface area contributed by atoms with Gasteiger partial charge in [0.2, 0.25) is 11.6 Å². The molecule has 290 valence electrons. The second kappa shape index (κ2) is 18.2. The van der Waals surface area contributed by atoms with Crippen molar-refractivity contribution in [3.8, 4) is 12.3 Å². The molecule has 0 spiro atoms. The first kappa shape index (κ1) is 41.6. The zero-order valence-electron chi connectivity index (χ0n) is 31.0. The second-order valence-electron chi connectivity index (χ2n) is 14.5. The van der Waals surface area contributed by atoms with E-state index < -0.39 is 62.3 Å². The molecule has 2 fully saturated rings. The van der Waals surface area contributed by atoms with Crippen LogP contribution in [0.25, 0.3) is 0 Å². The number of carbonyl (C=O) groups excluding carboxylic acids is 2. The Morgan fingerprint density at radius 2 is 1.69 bits per heavy atom. The van der Waals surface area contributed by atoms with Crippen LogP contribution in [0.4, 0.5) is 21.8 Å². The first-order valence-corrected chi connectivity index (χ1v) is 19.8. The van der Waals surface area contributed by atoms with Gasteiger partial charge in [-0.25, -0.2) is 19.5 Å². The summed E-state index contributed by atoms with van der Waals surface area (Å²) in [6, 6.07) is -1.87. The fraction of sp³-hybridized carbons (Fsp3) is 0.743. The predicted molar refractivity (Wildman–Crippen MR) is 195 cm³/mol. The normalized spacial score (nSPS) is 26.6. The number of aliphatic imine (C=N–C) groups is 1. The summed E-state index contributed by atoms with van der Waals surface area (Å²) in [5.74, 6) is 1.07. The van der Waals surface area contributed by atoms with Crippen molar-refractivity contribution < 1.29 is 42.4 Å². The Labute approximate surface area is 305 Å². The third kappa shape index (κ3) is 10.9. The van der Waals surface area contributed by atoms with E-state index in [1.165, 1.54) is 0 Å². The Balaban J connectivity index is 1.54. The van der Waals surface area contributed by atoms with Gasteiger partial charge in [0.05, 0.1) is 25.5 Å². The van der Waals surface area contributed by atoms with Crippen LogP contribution in [0.15, 0.2) is 4.99 Å². The number of anilines is 2. The highest BCUT2D eigenvalue weighted by atomic mass is 31.2. The Morgan fingerprint density at radius 3 is 2.21 bits per heavy atom. The smallest absolute Gasteiger partial charge is 0.342 e. The van der Waals surface area contributed by atoms with Gasteiger partial charge in [-0.1, -0.05) is 33.6 Å². The van der Waals surface area contributed by atoms with E-state index in [0.29, 0.717) is 36.1 Å². The van der Waals surface area contributed by atoms with Crippen LogP contribution in [0.1, 0.15) is 85.8 Å². The molecule has 1 saturated carbocycles. The number of terminal acetylenes is 1. The summed E-state index contributed by atoms with van der Waals surface area (Å²) >= 11 is 0. The quantitative estimate of drug-likeness (QED) is 0.0769. The molecule has 8 atom stereocenters. The third-order valence-electron chi connectivity index (χ3n) is 9.02. The number of aliphatic hydroxyl groups is 1. The molecule has 0 amide bonds. The number of fused-ring (bicyclic) bond motifs is 1. The van der Waals surface area contributed by atoms with Crippen LogP contribution in [0, 0.1) is 30.1 Å². The average Bonchev–Trinajstić information content (AvgIpc) is 3.88. The number of ether oxygens (including phenoxy) is 3. The Morgan fingerprint density at radius 1 is 1.10 bits per heavy atom. The summed E-state index contributed by atoms with van der Waals surface area (Å²) in [5.41, 5.74) is 4.60. The maximum atomic E-state index is 16.5. The van der Waals surface area contributed by atoms with Crippen LogP contribution in [-0.4, -0.2) is 95.2 Å². The molecule has 52 heavy (non-hydrogen) atoms. The lowest BCUT2D eigenvalue weighted by Crippen LogP contribution is -2.47. The SMILES string of the molecule is C#CC1(F)C(O)[C@@H](COP(=O)(N[C@@H](CC(C)C)C(=O)OCC)N[C@H](CC(C)C)C(=O)OCC)O[C@H]1CC1C=Nc2c(nc(N)nc2NC2CC2)CC1. The molecule has 4 unspecified atom stereocenters. The maximum absolute atomic E-state index is 16.5. The minimum Gasteiger partial charge on any atom is -0.465 e. The molecule has 15 nitrogen and oxygen atoms in total. The number of aryl methyl sites for hydroxylation is 1. The van der Waals surface area contributed by atoms with E-state index in [1.54, 1.807) is 20.1 Å². The number of nitrogens with one attached hydrogen (secondary N) is 3. The van der Waals surface area contributed by atoms with Gasteiger partial charge in [-0.3, -0.25) is 19.1 Å². The van der Waals surface area contributed by atoms with Gasteiger partial charge in [0.25, 0.3) is 0 Å². The molecule has 0 aromatic carbocycles. The van der Waals surface area contributed by atoms with E-state index in [9.17, 15) is 19.3 Å². The minimum absolute atomic E-state index is 0.0267. The summed E-state index contributed by atoms with van der Waals surface area (Å²) in [5, 5.41) is 20.1. The largest absolute Gasteiger partial charge is 0.465 e. The molecule has 0 bridgehead atoms. The molecule has 4 rings (SSSR count). The predicted octanol–water partition coefficient (Wildman–Crippen LogP) is 4.02. The summed E-state index contributed by atoms with van der Waals surface area (Å²) < 4.78 is 53.5. The van der Waals surface area contributed by atoms with Crippen molar-refractivity contribution in [1.29, 1.82) is 0 Å². The number of halogens is 1. The van der Waals surface area contributed by atoms with Crippen molar-refractivity contribution in [1.82, 2.24) is 20.1 Å². The Bertz CT molecular complexity index is 1480. The summed E-state index contributed by atoms with van der Waals surface area (Å²) in [7, 11) is -4.35. The Kier molecular flexibility index (Phi) is 14.6. The molecule has 1 aromatic rings. The number of nitrogens with zero attached hydrogens (tertiary/aromatic N) is 3. The molecule has 0 radical (unpaired) electrons. The topological polar surface area (TPSA) is 209 Å². The van der Waals surface area contributed by atoms with Crippen LogP contribution >= 0.6 is 7.67 Å². The van der Waals surface area contributed by atoms with Crippen LogP contribution < -0.4 is 21.2 Å². The lowest BCUT2D eigenvalue weighted by molar-refractivity contribution is -0.146. The number of rotatable bonds is 19. The van der Waals surface area contributed by atoms with Crippen LogP contribution in [-0.2, 0) is 39.3 Å². The zero-order valence-corrected chi connectivity index (χ0v) is 31.9. The number of aliphatic hydroxyl groups excluding tert-OH is 1. The number of hydrogen-bond donors (Lipinski definition) is 5. The van der Waals surface area contributed by atoms with Gasteiger partial charge < -0.3 is 34.9 Å². The van der Waals surface area contributed by atoms with Gasteiger partial charge in [-0.2, -0.15) is 4.98 Å². The first-order valence-electron chi connectivity index (χ1n) is 18.2. The second-order valence-corrected chi connectivity index (χ2v) is 16.3. The number of esters is 2. The molecule has 3 aliphatic rings. The highest BCUT2D eigenvalue weighted by Crippen LogP contribution is 2.45. The van der Waals surface area contributed by atoms with Gasteiger partial charge >= 0.3 is 19.6 Å². The number of nitrogens with two attached hydrogens (primary N) is 1. The van der Waals surface area contributed by atoms with E-state index in [4.69, 9.17) is 30.9 Å². The minimum atomic E-state index is -4.35. The van der Waals surface area contributed by atoms with Crippen molar-refractivity contribution in [3.63, 3.8) is 0 Å². The van der Waals surface area contributed by atoms with Gasteiger partial charge in [0.15, 0.2) is 5.82 Å². The van der Waals surface area contributed by atoms with Crippen LogP contribution in [0.2, 0.25) is 0 Å². The number of carbonyl (C=O) groups is 2. The number of nitrogen functional groups attached to an aromatic ring is 1. The van der Waals surface area contributed by atoms with Crippen LogP contribution in [0.3, 0.4) is 0 Å². The van der Waals surface area contributed by atoms with E-state index in [1.807, 2.05) is 27.7 Å². The highest BCUT2D eigenvalue weighted by Gasteiger charge is 2.57. The lowest BCUT2D eigenvalue weighted by atomic mass is 9.86. The molecule has 6 N–H and O–H groups in total. The van der Waals surface area contributed by atoms with Crippen molar-refractivity contribution >= 4 is 43.3 Å². The molecule has 17 heteroatoms. The molecule has 1 saturated heterocycles. The summed E-state index contributed by atoms with van der Waals surface area (Å²) in [6.07, 6.45) is 6.43. The number of alkyl halides is 1. The molecule has 3 heterocycles. The zero-order chi connectivity index (χ0) is 38.2. The standard InChI is InChI=1S/C35H55FN7O8P/c1-8-35(36)28(17-22-11-14-24-29(38-18-22)31(39-23-12-13-23)41-34(37)40-24)51-27(30(35)44)19-50-52(47,42-25(15-20(4)5)32(45)48-9-2)43-26(16-21(6)7)33(46)49-10-3/h1,18,20-23,25-28,30,44H,9-17,19H2,2-7H3,(H2,42,43,47)(H3,37,39,40,41)/t22?,25-,26+,27-,28+,30?,35?,52?/m1/s1. The Hall–Kier alpha value is -3.19. The number of hydrogen-bond acceptors (Lipinski definition) is 13. The van der Waals surface area contributed by atoms with E-state index in [-0.39, 0.29) is 56.2 Å². The fourth-order valence-electron chi connectivity index (χ4n) is 6.30. The lowest BCUT2D eigenvalue weighted by Gasteiger charge is -2.30. The maximum Gasteiger partial charge on any atom is 0.342 e. The third-order valence-corrected chi connectivity index (χ3v) is 10.8. The van der Waals surface area contributed by atoms with Crippen molar-refractivity contribution in [3.05, 3.63) is 5.69 Å². The molecule has 1 aliphatic carbocycles. The molecule has 2 aliphatic heterocycles. The van der Waals surface area contributed by atoms with Crippen molar-refractivity contribution in [2.45, 2.75) is 129 Å². The highest BCUT2D eigenvalue weighted by molar-refractivity contribution is 7.54. The van der Waals surface area contributed by atoms with Crippen molar-refractivity contribution in [2.75, 3.05) is 30.9 Å². The van der Waals surface area contributed by atoms with Crippen molar-refractivity contribution in [2.24, 2.45) is 22.7 Å². The van der Waals surface area contributed by atoms with E-state index >= 15 is 4.39 Å². The molecular formula is C35H55FN7O8P. The van der Waals surface area contributed by atoms with Gasteiger partial charge in [0.1, 0.15) is 36.1 Å². The fourth-order valence-corrected chi connectivity index (χ4v) is 8.12. The first-order chi connectivity index (χ1) is 24.6. The monoisotopic (exact) mass is 751 g/mol. The van der Waals surface area contributed by atoms with Crippen LogP contribution in [0.5, 0.6) is 0 Å². The number of aromatic nitrogens is 2. The molecule has 1 aromatic heterocycles. The van der Waals surface area contributed by atoms with Gasteiger partial charge in [-0.15, -0.1) is 6.42 Å². The van der Waals surface area contributed by atoms with E-state index in [2.05, 4.69) is 36.4 Å². The summed E-state index contributed by atoms with van der Waals surface area (Å²) in [4.78, 5) is 39.3. The van der Waals surface area contributed by atoms with Gasteiger partial charge in [-0.05, 0) is 76.5 Å².